The summed E-state index contributed by atoms with van der Waals surface area (Å²) in [6, 6.07) is 5.06. The number of hydrogen-bond donors (Lipinski definition) is 2. The molecule has 0 spiro atoms. The summed E-state index contributed by atoms with van der Waals surface area (Å²) in [4.78, 5) is 17.0. The van der Waals surface area contributed by atoms with Crippen LogP contribution in [0, 0.1) is 5.92 Å². The second-order valence-corrected chi connectivity index (χ2v) is 4.02. The van der Waals surface area contributed by atoms with Gasteiger partial charge in [0.2, 0.25) is 0 Å². The van der Waals surface area contributed by atoms with Crippen molar-refractivity contribution in [3.05, 3.63) is 23.9 Å². The molecular formula is C11H15N3O2. The van der Waals surface area contributed by atoms with E-state index in [-0.39, 0.29) is 5.69 Å². The topological polar surface area (TPSA) is 79.5 Å². The summed E-state index contributed by atoms with van der Waals surface area (Å²) in [5.41, 5.74) is 5.70. The molecule has 1 fully saturated rings. The van der Waals surface area contributed by atoms with Crippen LogP contribution in [0.3, 0.4) is 0 Å². The summed E-state index contributed by atoms with van der Waals surface area (Å²) in [5.74, 6) is 0.238. The molecule has 3 N–H and O–H groups in total. The Balaban J connectivity index is 2.15. The molecule has 0 aliphatic carbocycles. The fourth-order valence-corrected chi connectivity index (χ4v) is 1.95. The maximum Gasteiger partial charge on any atom is 0.354 e. The smallest absolute Gasteiger partial charge is 0.354 e. The summed E-state index contributed by atoms with van der Waals surface area (Å²) in [6.45, 7) is 2.44. The molecule has 2 rings (SSSR count). The van der Waals surface area contributed by atoms with Gasteiger partial charge in [-0.3, -0.25) is 0 Å². The minimum absolute atomic E-state index is 0.0914. The Labute approximate surface area is 93.9 Å². The SMILES string of the molecule is NCC1CCN(c2cccc(C(=O)O)n2)C1. The van der Waals surface area contributed by atoms with Crippen LogP contribution in [0.4, 0.5) is 5.82 Å². The first-order chi connectivity index (χ1) is 7.70. The predicted octanol–water partition coefficient (Wildman–Crippen LogP) is 0.565. The molecule has 0 amide bonds. The van der Waals surface area contributed by atoms with E-state index in [1.807, 2.05) is 6.07 Å². The van der Waals surface area contributed by atoms with Crippen molar-refractivity contribution in [2.45, 2.75) is 6.42 Å². The Morgan fingerprint density at radius 3 is 3.06 bits per heavy atom. The average Bonchev–Trinajstić information content (AvgIpc) is 2.77. The molecule has 1 aliphatic heterocycles. The van der Waals surface area contributed by atoms with E-state index in [4.69, 9.17) is 10.8 Å². The molecule has 5 nitrogen and oxygen atoms in total. The molecule has 16 heavy (non-hydrogen) atoms. The quantitative estimate of drug-likeness (QED) is 0.779. The van der Waals surface area contributed by atoms with Crippen LogP contribution in [0.2, 0.25) is 0 Å². The van der Waals surface area contributed by atoms with Crippen LogP contribution in [-0.4, -0.2) is 35.7 Å². The summed E-state index contributed by atoms with van der Waals surface area (Å²) in [5, 5.41) is 8.85. The van der Waals surface area contributed by atoms with Gasteiger partial charge >= 0.3 is 5.97 Å². The van der Waals surface area contributed by atoms with E-state index >= 15 is 0 Å². The lowest BCUT2D eigenvalue weighted by Crippen LogP contribution is -2.23. The number of nitrogens with zero attached hydrogens (tertiary/aromatic N) is 2. The molecular weight excluding hydrogens is 206 g/mol. The number of hydrogen-bond acceptors (Lipinski definition) is 4. The maximum absolute atomic E-state index is 10.8. The maximum atomic E-state index is 10.8. The fraction of sp³-hybridized carbons (Fsp3) is 0.455. The van der Waals surface area contributed by atoms with Crippen LogP contribution >= 0.6 is 0 Å². The first-order valence-electron chi connectivity index (χ1n) is 5.36. The van der Waals surface area contributed by atoms with E-state index in [2.05, 4.69) is 9.88 Å². The number of anilines is 1. The Morgan fingerprint density at radius 1 is 1.62 bits per heavy atom. The number of pyridine rings is 1. The van der Waals surface area contributed by atoms with E-state index in [0.717, 1.165) is 25.3 Å². The summed E-state index contributed by atoms with van der Waals surface area (Å²) in [6.07, 6.45) is 1.05. The summed E-state index contributed by atoms with van der Waals surface area (Å²) < 4.78 is 0. The molecule has 1 aromatic rings. The molecule has 0 aromatic carbocycles. The van der Waals surface area contributed by atoms with Gasteiger partial charge in [0, 0.05) is 13.1 Å². The third-order valence-electron chi connectivity index (χ3n) is 2.90. The molecule has 86 valence electrons. The van der Waals surface area contributed by atoms with Crippen molar-refractivity contribution in [2.75, 3.05) is 24.5 Å². The Bertz CT molecular complexity index is 395. The zero-order chi connectivity index (χ0) is 11.5. The second-order valence-electron chi connectivity index (χ2n) is 4.02. The number of carboxylic acid groups (broad SMARTS) is 1. The fourth-order valence-electron chi connectivity index (χ4n) is 1.95. The van der Waals surface area contributed by atoms with Crippen LogP contribution < -0.4 is 10.6 Å². The minimum atomic E-state index is -0.989. The third kappa shape index (κ3) is 2.14. The van der Waals surface area contributed by atoms with Crippen LogP contribution in [-0.2, 0) is 0 Å². The number of aromatic carboxylic acids is 1. The number of rotatable bonds is 3. The number of aromatic nitrogens is 1. The molecule has 1 aliphatic rings. The molecule has 1 saturated heterocycles. The third-order valence-corrected chi connectivity index (χ3v) is 2.90. The van der Waals surface area contributed by atoms with E-state index < -0.39 is 5.97 Å². The lowest BCUT2D eigenvalue weighted by atomic mass is 10.1. The lowest BCUT2D eigenvalue weighted by molar-refractivity contribution is 0.0690. The zero-order valence-corrected chi connectivity index (χ0v) is 8.97. The highest BCUT2D eigenvalue weighted by molar-refractivity contribution is 5.85. The van der Waals surface area contributed by atoms with Crippen LogP contribution in [0.1, 0.15) is 16.9 Å². The molecule has 0 radical (unpaired) electrons. The van der Waals surface area contributed by atoms with Crippen molar-refractivity contribution in [1.29, 1.82) is 0 Å². The van der Waals surface area contributed by atoms with E-state index in [0.29, 0.717) is 12.5 Å². The van der Waals surface area contributed by atoms with Crippen LogP contribution in [0.5, 0.6) is 0 Å². The zero-order valence-electron chi connectivity index (χ0n) is 8.97. The largest absolute Gasteiger partial charge is 0.477 e. The Kier molecular flexibility index (Phi) is 3.05. The average molecular weight is 221 g/mol. The van der Waals surface area contributed by atoms with Gasteiger partial charge in [0.1, 0.15) is 5.82 Å². The van der Waals surface area contributed by atoms with Gasteiger partial charge < -0.3 is 15.7 Å². The van der Waals surface area contributed by atoms with Crippen molar-refractivity contribution >= 4 is 11.8 Å². The highest BCUT2D eigenvalue weighted by Crippen LogP contribution is 2.21. The summed E-state index contributed by atoms with van der Waals surface area (Å²) >= 11 is 0. The van der Waals surface area contributed by atoms with Crippen molar-refractivity contribution in [3.8, 4) is 0 Å². The minimum Gasteiger partial charge on any atom is -0.477 e. The van der Waals surface area contributed by atoms with Crippen molar-refractivity contribution in [3.63, 3.8) is 0 Å². The van der Waals surface area contributed by atoms with Crippen molar-refractivity contribution in [2.24, 2.45) is 11.7 Å². The van der Waals surface area contributed by atoms with Gasteiger partial charge in [-0.25, -0.2) is 9.78 Å². The number of nitrogens with two attached hydrogens (primary N) is 1. The van der Waals surface area contributed by atoms with Gasteiger partial charge in [-0.2, -0.15) is 0 Å². The molecule has 0 saturated carbocycles. The summed E-state index contributed by atoms with van der Waals surface area (Å²) in [7, 11) is 0. The van der Waals surface area contributed by atoms with Gasteiger partial charge in [0.25, 0.3) is 0 Å². The van der Waals surface area contributed by atoms with Gasteiger partial charge in [-0.15, -0.1) is 0 Å². The van der Waals surface area contributed by atoms with Crippen molar-refractivity contribution in [1.82, 2.24) is 4.98 Å². The van der Waals surface area contributed by atoms with Gasteiger partial charge in [0.15, 0.2) is 5.69 Å². The molecule has 1 aromatic heterocycles. The normalized spacial score (nSPS) is 20.1. The lowest BCUT2D eigenvalue weighted by Gasteiger charge is -2.17. The van der Waals surface area contributed by atoms with Gasteiger partial charge in [0.05, 0.1) is 0 Å². The Hall–Kier alpha value is -1.62. The first-order valence-corrected chi connectivity index (χ1v) is 5.36. The highest BCUT2D eigenvalue weighted by atomic mass is 16.4. The molecule has 0 bridgehead atoms. The van der Waals surface area contributed by atoms with Crippen LogP contribution in [0.15, 0.2) is 18.2 Å². The second kappa shape index (κ2) is 4.49. The standard InChI is InChI=1S/C11H15N3O2/c12-6-8-4-5-14(7-8)10-3-1-2-9(13-10)11(15)16/h1-3,8H,4-7,12H2,(H,15,16). The van der Waals surface area contributed by atoms with Gasteiger partial charge in [-0.05, 0) is 31.0 Å². The monoisotopic (exact) mass is 221 g/mol. The predicted molar refractivity (Wildman–Crippen MR) is 60.6 cm³/mol. The molecule has 5 heteroatoms. The first kappa shape index (κ1) is 10.9. The van der Waals surface area contributed by atoms with E-state index in [1.165, 1.54) is 6.07 Å². The number of carbonyl (C=O) groups is 1. The van der Waals surface area contributed by atoms with Gasteiger partial charge in [-0.1, -0.05) is 6.07 Å². The van der Waals surface area contributed by atoms with Crippen LogP contribution in [0.25, 0.3) is 0 Å². The number of carboxylic acids is 1. The van der Waals surface area contributed by atoms with E-state index in [1.54, 1.807) is 6.07 Å². The molecule has 2 heterocycles. The molecule has 1 unspecified atom stereocenters. The van der Waals surface area contributed by atoms with Crippen molar-refractivity contribution < 1.29 is 9.90 Å². The highest BCUT2D eigenvalue weighted by Gasteiger charge is 2.22. The van der Waals surface area contributed by atoms with E-state index in [9.17, 15) is 4.79 Å². The Morgan fingerprint density at radius 2 is 2.44 bits per heavy atom. The molecule has 1 atom stereocenters.